The molecule has 17 heavy (non-hydrogen) atoms. The molecule has 1 rings (SSSR count). The fourth-order valence-corrected chi connectivity index (χ4v) is 1.79. The molecule has 0 saturated heterocycles. The Morgan fingerprint density at radius 1 is 1.47 bits per heavy atom. The summed E-state index contributed by atoms with van der Waals surface area (Å²) in [4.78, 5) is 6.99. The van der Waals surface area contributed by atoms with Crippen LogP contribution in [0.15, 0.2) is 6.33 Å². The second kappa shape index (κ2) is 6.07. The number of aromatic nitrogens is 3. The molecule has 0 amide bonds. The standard InChI is InChI=1S/C11H21N5S/c1-8(2)15(5-10(12)17)6-11-13-7-14-16(11)9(3)4/h7-9H,5-6H2,1-4H3,(H2,12,17). The minimum absolute atomic E-state index is 0.311. The van der Waals surface area contributed by atoms with Gasteiger partial charge in [-0.3, -0.25) is 4.90 Å². The fraction of sp³-hybridized carbons (Fsp3) is 0.727. The Morgan fingerprint density at radius 2 is 2.12 bits per heavy atom. The first-order valence-corrected chi connectivity index (χ1v) is 6.23. The maximum absolute atomic E-state index is 5.60. The van der Waals surface area contributed by atoms with E-state index in [-0.39, 0.29) is 0 Å². The molecule has 0 atom stereocenters. The first-order chi connectivity index (χ1) is 7.91. The van der Waals surface area contributed by atoms with Crippen molar-refractivity contribution in [2.24, 2.45) is 5.73 Å². The molecule has 0 aliphatic carbocycles. The SMILES string of the molecule is CC(C)N(CC(N)=S)Cc1ncnn1C(C)C. The third-order valence-corrected chi connectivity index (χ3v) is 2.70. The molecule has 0 radical (unpaired) electrons. The third-order valence-electron chi connectivity index (χ3n) is 2.57. The highest BCUT2D eigenvalue weighted by atomic mass is 32.1. The zero-order valence-electron chi connectivity index (χ0n) is 10.9. The maximum atomic E-state index is 5.60. The van der Waals surface area contributed by atoms with Gasteiger partial charge in [0.2, 0.25) is 0 Å². The largest absolute Gasteiger partial charge is 0.392 e. The van der Waals surface area contributed by atoms with E-state index in [4.69, 9.17) is 18.0 Å². The number of nitrogens with zero attached hydrogens (tertiary/aromatic N) is 4. The van der Waals surface area contributed by atoms with E-state index in [0.29, 0.717) is 30.2 Å². The van der Waals surface area contributed by atoms with E-state index in [0.717, 1.165) is 5.82 Å². The normalized spacial score (nSPS) is 11.7. The number of nitrogens with two attached hydrogens (primary N) is 1. The van der Waals surface area contributed by atoms with Crippen LogP contribution in [-0.4, -0.2) is 37.2 Å². The lowest BCUT2D eigenvalue weighted by molar-refractivity contribution is 0.232. The van der Waals surface area contributed by atoms with Crippen molar-refractivity contribution in [1.82, 2.24) is 19.7 Å². The van der Waals surface area contributed by atoms with Crippen LogP contribution < -0.4 is 5.73 Å². The van der Waals surface area contributed by atoms with Crippen molar-refractivity contribution in [2.75, 3.05) is 6.54 Å². The van der Waals surface area contributed by atoms with Crippen LogP contribution in [0.5, 0.6) is 0 Å². The molecule has 6 heteroatoms. The van der Waals surface area contributed by atoms with Gasteiger partial charge >= 0.3 is 0 Å². The Morgan fingerprint density at radius 3 is 2.59 bits per heavy atom. The van der Waals surface area contributed by atoms with Crippen LogP contribution in [0.25, 0.3) is 0 Å². The zero-order chi connectivity index (χ0) is 13.0. The lowest BCUT2D eigenvalue weighted by Gasteiger charge is -2.25. The summed E-state index contributed by atoms with van der Waals surface area (Å²) in [5.41, 5.74) is 5.60. The summed E-state index contributed by atoms with van der Waals surface area (Å²) in [7, 11) is 0. The minimum atomic E-state index is 0.311. The van der Waals surface area contributed by atoms with Crippen LogP contribution >= 0.6 is 12.2 Å². The van der Waals surface area contributed by atoms with Gasteiger partial charge < -0.3 is 5.73 Å². The molecule has 0 bridgehead atoms. The smallest absolute Gasteiger partial charge is 0.141 e. The topological polar surface area (TPSA) is 60.0 Å². The highest BCUT2D eigenvalue weighted by Gasteiger charge is 2.15. The van der Waals surface area contributed by atoms with Crippen molar-refractivity contribution in [2.45, 2.75) is 46.3 Å². The van der Waals surface area contributed by atoms with Crippen LogP contribution in [-0.2, 0) is 6.54 Å². The van der Waals surface area contributed by atoms with E-state index >= 15 is 0 Å². The summed E-state index contributed by atoms with van der Waals surface area (Å²) in [6.07, 6.45) is 1.59. The number of thiocarbonyl (C=S) groups is 1. The van der Waals surface area contributed by atoms with E-state index in [9.17, 15) is 0 Å². The molecule has 5 nitrogen and oxygen atoms in total. The molecule has 0 aromatic carbocycles. The molecule has 0 spiro atoms. The Hall–Kier alpha value is -1.01. The van der Waals surface area contributed by atoms with Crippen LogP contribution in [0.2, 0.25) is 0 Å². The summed E-state index contributed by atoms with van der Waals surface area (Å²) in [5, 5.41) is 4.22. The predicted molar refractivity (Wildman–Crippen MR) is 72.7 cm³/mol. The molecule has 1 heterocycles. The molecule has 1 aromatic heterocycles. The predicted octanol–water partition coefficient (Wildman–Crippen LogP) is 1.36. The summed E-state index contributed by atoms with van der Waals surface area (Å²) in [5.74, 6) is 0.949. The van der Waals surface area contributed by atoms with Gasteiger partial charge in [0.05, 0.1) is 11.5 Å². The van der Waals surface area contributed by atoms with E-state index < -0.39 is 0 Å². The molecule has 2 N–H and O–H groups in total. The van der Waals surface area contributed by atoms with Crippen molar-refractivity contribution in [3.8, 4) is 0 Å². The molecule has 0 saturated carbocycles. The van der Waals surface area contributed by atoms with Gasteiger partial charge in [-0.25, -0.2) is 9.67 Å². The first kappa shape index (κ1) is 14.1. The van der Waals surface area contributed by atoms with Gasteiger partial charge in [-0.15, -0.1) is 0 Å². The summed E-state index contributed by atoms with van der Waals surface area (Å²) in [6.45, 7) is 9.74. The average molecular weight is 255 g/mol. The molecule has 1 aromatic rings. The van der Waals surface area contributed by atoms with Gasteiger partial charge in [0.25, 0.3) is 0 Å². The van der Waals surface area contributed by atoms with Gasteiger partial charge in [-0.1, -0.05) is 12.2 Å². The van der Waals surface area contributed by atoms with Crippen molar-refractivity contribution in [3.05, 3.63) is 12.2 Å². The Kier molecular flexibility index (Phi) is 5.02. The molecule has 0 aliphatic rings. The molecule has 0 fully saturated rings. The van der Waals surface area contributed by atoms with Crippen LogP contribution in [0, 0.1) is 0 Å². The fourth-order valence-electron chi connectivity index (χ4n) is 1.62. The average Bonchev–Trinajstić information content (AvgIpc) is 2.63. The molecule has 96 valence electrons. The van der Waals surface area contributed by atoms with Crippen LogP contribution in [0.3, 0.4) is 0 Å². The van der Waals surface area contributed by atoms with Crippen molar-refractivity contribution in [3.63, 3.8) is 0 Å². The Bertz CT molecular complexity index is 372. The molecular formula is C11H21N5S. The van der Waals surface area contributed by atoms with Gasteiger partial charge in [-0.05, 0) is 27.7 Å². The molecule has 0 aliphatic heterocycles. The van der Waals surface area contributed by atoms with Crippen molar-refractivity contribution in [1.29, 1.82) is 0 Å². The second-order valence-corrected chi connectivity index (χ2v) is 5.20. The Labute approximate surface area is 108 Å². The first-order valence-electron chi connectivity index (χ1n) is 5.82. The number of rotatable bonds is 6. The minimum Gasteiger partial charge on any atom is -0.392 e. The quantitative estimate of drug-likeness (QED) is 0.778. The van der Waals surface area contributed by atoms with E-state index in [1.807, 2.05) is 4.68 Å². The lowest BCUT2D eigenvalue weighted by atomic mass is 10.3. The highest BCUT2D eigenvalue weighted by molar-refractivity contribution is 7.80. The molecule has 0 unspecified atom stereocenters. The third kappa shape index (κ3) is 4.05. The van der Waals surface area contributed by atoms with Crippen LogP contribution in [0.1, 0.15) is 39.6 Å². The Balaban J connectivity index is 2.78. The van der Waals surface area contributed by atoms with Gasteiger partial charge in [-0.2, -0.15) is 5.10 Å². The summed E-state index contributed by atoms with van der Waals surface area (Å²) in [6, 6.07) is 0.681. The van der Waals surface area contributed by atoms with Gasteiger partial charge in [0.15, 0.2) is 0 Å². The monoisotopic (exact) mass is 255 g/mol. The highest BCUT2D eigenvalue weighted by Crippen LogP contribution is 2.10. The van der Waals surface area contributed by atoms with E-state index in [2.05, 4.69) is 42.7 Å². The molecular weight excluding hydrogens is 234 g/mol. The van der Waals surface area contributed by atoms with Crippen molar-refractivity contribution >= 4 is 17.2 Å². The van der Waals surface area contributed by atoms with E-state index in [1.165, 1.54) is 0 Å². The summed E-state index contributed by atoms with van der Waals surface area (Å²) >= 11 is 4.96. The number of hydrogen-bond donors (Lipinski definition) is 1. The lowest BCUT2D eigenvalue weighted by Crippen LogP contribution is -2.38. The van der Waals surface area contributed by atoms with Gasteiger partial charge in [0.1, 0.15) is 12.2 Å². The zero-order valence-corrected chi connectivity index (χ0v) is 11.7. The summed E-state index contributed by atoms with van der Waals surface area (Å²) < 4.78 is 1.93. The number of hydrogen-bond acceptors (Lipinski definition) is 4. The van der Waals surface area contributed by atoms with Crippen LogP contribution in [0.4, 0.5) is 0 Å². The van der Waals surface area contributed by atoms with Gasteiger partial charge in [0, 0.05) is 18.6 Å². The maximum Gasteiger partial charge on any atom is 0.141 e. The van der Waals surface area contributed by atoms with Crippen molar-refractivity contribution < 1.29 is 0 Å². The van der Waals surface area contributed by atoms with E-state index in [1.54, 1.807) is 6.33 Å². The second-order valence-electron chi connectivity index (χ2n) is 4.68.